The van der Waals surface area contributed by atoms with Crippen molar-refractivity contribution in [1.82, 2.24) is 4.98 Å². The Balaban J connectivity index is 1.96. The lowest BCUT2D eigenvalue weighted by molar-refractivity contribution is 0.149. The second kappa shape index (κ2) is 4.98. The molecule has 15 heavy (non-hydrogen) atoms. The first-order valence-corrected chi connectivity index (χ1v) is 5.49. The molecule has 1 aromatic rings. The third-order valence-corrected chi connectivity index (χ3v) is 2.71. The van der Waals surface area contributed by atoms with Crippen LogP contribution >= 0.6 is 0 Å². The number of nitrogen functional groups attached to an aromatic ring is 1. The van der Waals surface area contributed by atoms with Gasteiger partial charge in [-0.15, -0.1) is 0 Å². The summed E-state index contributed by atoms with van der Waals surface area (Å²) in [7, 11) is 0. The molecule has 1 fully saturated rings. The molecule has 0 saturated heterocycles. The van der Waals surface area contributed by atoms with E-state index in [0.717, 1.165) is 12.8 Å². The number of nitrogens with one attached hydrogen (secondary N) is 1. The molecule has 1 heterocycles. The lowest BCUT2D eigenvalue weighted by Gasteiger charge is -2.22. The van der Waals surface area contributed by atoms with Gasteiger partial charge >= 0.3 is 0 Å². The molecule has 0 aliphatic heterocycles. The van der Waals surface area contributed by atoms with Crippen molar-refractivity contribution in [2.45, 2.75) is 38.2 Å². The van der Waals surface area contributed by atoms with Crippen LogP contribution in [0.25, 0.3) is 0 Å². The minimum absolute atomic E-state index is 0.333. The number of hydrogen-bond acceptors (Lipinski definition) is 4. The third-order valence-electron chi connectivity index (χ3n) is 2.71. The van der Waals surface area contributed by atoms with Crippen molar-refractivity contribution in [3.63, 3.8) is 0 Å². The molecule has 1 aliphatic rings. The molecule has 0 spiro atoms. The van der Waals surface area contributed by atoms with E-state index in [4.69, 9.17) is 10.6 Å². The van der Waals surface area contributed by atoms with Crippen LogP contribution in [0.15, 0.2) is 18.2 Å². The summed E-state index contributed by atoms with van der Waals surface area (Å²) in [4.78, 5) is 4.23. The molecule has 0 bridgehead atoms. The van der Waals surface area contributed by atoms with Crippen molar-refractivity contribution in [1.29, 1.82) is 0 Å². The molecule has 2 rings (SSSR count). The van der Waals surface area contributed by atoms with Crippen molar-refractivity contribution in [3.8, 4) is 5.88 Å². The van der Waals surface area contributed by atoms with E-state index in [2.05, 4.69) is 10.4 Å². The smallest absolute Gasteiger partial charge is 0.215 e. The third kappa shape index (κ3) is 2.83. The summed E-state index contributed by atoms with van der Waals surface area (Å²) in [5, 5.41) is 0. The number of pyridine rings is 1. The molecule has 0 unspecified atom stereocenters. The lowest BCUT2D eigenvalue weighted by Crippen LogP contribution is -2.20. The molecule has 1 saturated carbocycles. The van der Waals surface area contributed by atoms with Crippen LogP contribution in [0.5, 0.6) is 5.88 Å². The molecule has 0 radical (unpaired) electrons. The minimum Gasteiger partial charge on any atom is -0.474 e. The molecule has 1 aromatic heterocycles. The second-order valence-electron chi connectivity index (χ2n) is 3.88. The van der Waals surface area contributed by atoms with Gasteiger partial charge in [0.1, 0.15) is 11.9 Å². The Labute approximate surface area is 89.8 Å². The summed E-state index contributed by atoms with van der Waals surface area (Å²) in [6.45, 7) is 0. The highest BCUT2D eigenvalue weighted by molar-refractivity contribution is 5.35. The van der Waals surface area contributed by atoms with Crippen LogP contribution in [-0.4, -0.2) is 11.1 Å². The Bertz CT molecular complexity index is 310. The highest BCUT2D eigenvalue weighted by Gasteiger charge is 2.15. The number of anilines is 1. The monoisotopic (exact) mass is 207 g/mol. The number of ether oxygens (including phenoxy) is 1. The van der Waals surface area contributed by atoms with Gasteiger partial charge in [-0.3, -0.25) is 0 Å². The average molecular weight is 207 g/mol. The van der Waals surface area contributed by atoms with Gasteiger partial charge in [-0.1, -0.05) is 12.5 Å². The topological polar surface area (TPSA) is 60.2 Å². The molecule has 82 valence electrons. The fraction of sp³-hybridized carbons (Fsp3) is 0.545. The van der Waals surface area contributed by atoms with Crippen LogP contribution in [0.4, 0.5) is 5.82 Å². The Morgan fingerprint density at radius 2 is 2.07 bits per heavy atom. The standard InChI is InChI=1S/C11H17N3O/c12-14-10-7-4-8-11(13-10)15-9-5-2-1-3-6-9/h4,7-9H,1-3,5-6,12H2,(H,13,14). The fourth-order valence-corrected chi connectivity index (χ4v) is 1.91. The van der Waals surface area contributed by atoms with E-state index >= 15 is 0 Å². The zero-order valence-electron chi connectivity index (χ0n) is 8.78. The van der Waals surface area contributed by atoms with Crippen LogP contribution in [0.3, 0.4) is 0 Å². The molecular weight excluding hydrogens is 190 g/mol. The first kappa shape index (κ1) is 10.2. The largest absolute Gasteiger partial charge is 0.474 e. The number of nitrogens with two attached hydrogens (primary N) is 1. The van der Waals surface area contributed by atoms with Crippen LogP contribution < -0.4 is 16.0 Å². The maximum atomic E-state index is 5.79. The number of nitrogens with zero attached hydrogens (tertiary/aromatic N) is 1. The van der Waals surface area contributed by atoms with Crippen LogP contribution in [0.2, 0.25) is 0 Å². The Kier molecular flexibility index (Phi) is 3.40. The van der Waals surface area contributed by atoms with Crippen molar-refractivity contribution in [3.05, 3.63) is 18.2 Å². The summed E-state index contributed by atoms with van der Waals surface area (Å²) in [6.07, 6.45) is 6.47. The maximum Gasteiger partial charge on any atom is 0.215 e. The first-order chi connectivity index (χ1) is 7.38. The molecule has 4 nitrogen and oxygen atoms in total. The van der Waals surface area contributed by atoms with Crippen LogP contribution in [-0.2, 0) is 0 Å². The number of hydrogen-bond donors (Lipinski definition) is 2. The molecule has 0 atom stereocenters. The highest BCUT2D eigenvalue weighted by Crippen LogP contribution is 2.22. The van der Waals surface area contributed by atoms with E-state index in [0.29, 0.717) is 17.8 Å². The fourth-order valence-electron chi connectivity index (χ4n) is 1.91. The number of hydrazine groups is 1. The molecule has 0 amide bonds. The van der Waals surface area contributed by atoms with Gasteiger partial charge in [0.2, 0.25) is 5.88 Å². The van der Waals surface area contributed by atoms with Crippen molar-refractivity contribution in [2.24, 2.45) is 5.84 Å². The Morgan fingerprint density at radius 3 is 2.80 bits per heavy atom. The SMILES string of the molecule is NNc1cccc(OC2CCCCC2)n1. The van der Waals surface area contributed by atoms with E-state index < -0.39 is 0 Å². The van der Waals surface area contributed by atoms with Crippen molar-refractivity contribution in [2.75, 3.05) is 5.43 Å². The van der Waals surface area contributed by atoms with E-state index in [1.165, 1.54) is 19.3 Å². The van der Waals surface area contributed by atoms with E-state index in [1.807, 2.05) is 18.2 Å². The molecular formula is C11H17N3O. The van der Waals surface area contributed by atoms with Crippen LogP contribution in [0, 0.1) is 0 Å². The summed E-state index contributed by atoms with van der Waals surface area (Å²) >= 11 is 0. The zero-order valence-corrected chi connectivity index (χ0v) is 8.78. The predicted octanol–water partition coefficient (Wildman–Crippen LogP) is 2.08. The normalized spacial score (nSPS) is 17.4. The second-order valence-corrected chi connectivity index (χ2v) is 3.88. The van der Waals surface area contributed by atoms with Crippen LogP contribution in [0.1, 0.15) is 32.1 Å². The summed E-state index contributed by atoms with van der Waals surface area (Å²) in [5.41, 5.74) is 2.51. The molecule has 1 aliphatic carbocycles. The van der Waals surface area contributed by atoms with Gasteiger partial charge < -0.3 is 10.2 Å². The Hall–Kier alpha value is -1.29. The minimum atomic E-state index is 0.333. The van der Waals surface area contributed by atoms with Gasteiger partial charge in [-0.05, 0) is 31.7 Å². The quantitative estimate of drug-likeness (QED) is 0.588. The number of rotatable bonds is 3. The van der Waals surface area contributed by atoms with Gasteiger partial charge in [0.15, 0.2) is 0 Å². The van der Waals surface area contributed by atoms with Gasteiger partial charge in [-0.2, -0.15) is 4.98 Å². The first-order valence-electron chi connectivity index (χ1n) is 5.49. The van der Waals surface area contributed by atoms with Crippen molar-refractivity contribution < 1.29 is 4.74 Å². The van der Waals surface area contributed by atoms with E-state index in [9.17, 15) is 0 Å². The summed E-state index contributed by atoms with van der Waals surface area (Å²) < 4.78 is 5.79. The number of aromatic nitrogens is 1. The lowest BCUT2D eigenvalue weighted by atomic mass is 9.98. The highest BCUT2D eigenvalue weighted by atomic mass is 16.5. The molecule has 4 heteroatoms. The molecule has 0 aromatic carbocycles. The van der Waals surface area contributed by atoms with Crippen molar-refractivity contribution >= 4 is 5.82 Å². The maximum absolute atomic E-state index is 5.79. The summed E-state index contributed by atoms with van der Waals surface area (Å²) in [5.74, 6) is 6.59. The van der Waals surface area contributed by atoms with Gasteiger partial charge in [0, 0.05) is 6.07 Å². The van der Waals surface area contributed by atoms with E-state index in [-0.39, 0.29) is 0 Å². The zero-order chi connectivity index (χ0) is 10.5. The van der Waals surface area contributed by atoms with Gasteiger partial charge in [0.25, 0.3) is 0 Å². The molecule has 3 N–H and O–H groups in total. The van der Waals surface area contributed by atoms with Gasteiger partial charge in [0.05, 0.1) is 0 Å². The predicted molar refractivity (Wildman–Crippen MR) is 59.5 cm³/mol. The van der Waals surface area contributed by atoms with Gasteiger partial charge in [-0.25, -0.2) is 5.84 Å². The van der Waals surface area contributed by atoms with E-state index in [1.54, 1.807) is 0 Å². The average Bonchev–Trinajstić information content (AvgIpc) is 2.31. The Morgan fingerprint density at radius 1 is 1.27 bits per heavy atom. The summed E-state index contributed by atoms with van der Waals surface area (Å²) in [6, 6.07) is 5.57.